The molecule has 0 fully saturated rings. The second-order valence-corrected chi connectivity index (χ2v) is 4.29. The summed E-state index contributed by atoms with van der Waals surface area (Å²) in [5, 5.41) is 3.34. The normalized spacial score (nSPS) is 15.0. The van der Waals surface area contributed by atoms with E-state index in [1.54, 1.807) is 0 Å². The van der Waals surface area contributed by atoms with E-state index < -0.39 is 0 Å². The molecule has 70 valence electrons. The Balaban J connectivity index is 2.60. The molecule has 0 atom stereocenters. The number of halogens is 1. The molecule has 1 aliphatic rings. The van der Waals surface area contributed by atoms with Crippen molar-refractivity contribution >= 4 is 21.7 Å². The fourth-order valence-corrected chi connectivity index (χ4v) is 2.12. The topological polar surface area (TPSA) is 24.9 Å². The SMILES string of the molecule is Cc1nc2c(c(C)c1Br)CCCN2. The molecule has 0 aromatic carbocycles. The molecule has 13 heavy (non-hydrogen) atoms. The highest BCUT2D eigenvalue weighted by atomic mass is 79.9. The van der Waals surface area contributed by atoms with Crippen LogP contribution in [0.3, 0.4) is 0 Å². The second kappa shape index (κ2) is 3.29. The van der Waals surface area contributed by atoms with E-state index in [-0.39, 0.29) is 0 Å². The fraction of sp³-hybridized carbons (Fsp3) is 0.500. The maximum Gasteiger partial charge on any atom is 0.129 e. The van der Waals surface area contributed by atoms with Gasteiger partial charge in [-0.05, 0) is 53.7 Å². The van der Waals surface area contributed by atoms with Crippen molar-refractivity contribution in [1.29, 1.82) is 0 Å². The van der Waals surface area contributed by atoms with Crippen LogP contribution in [0.5, 0.6) is 0 Å². The first kappa shape index (κ1) is 9.00. The van der Waals surface area contributed by atoms with Gasteiger partial charge in [-0.15, -0.1) is 0 Å². The molecule has 0 saturated heterocycles. The molecular formula is C10H13BrN2. The van der Waals surface area contributed by atoms with Gasteiger partial charge < -0.3 is 5.32 Å². The van der Waals surface area contributed by atoms with Crippen molar-refractivity contribution in [3.63, 3.8) is 0 Å². The third-order valence-corrected chi connectivity index (χ3v) is 3.73. The van der Waals surface area contributed by atoms with Gasteiger partial charge >= 0.3 is 0 Å². The predicted octanol–water partition coefficient (Wildman–Crippen LogP) is 2.82. The minimum absolute atomic E-state index is 1.06. The number of rotatable bonds is 0. The Hall–Kier alpha value is -0.570. The Bertz CT molecular complexity index is 347. The van der Waals surface area contributed by atoms with Crippen LogP contribution >= 0.6 is 15.9 Å². The molecule has 2 nitrogen and oxygen atoms in total. The first-order valence-electron chi connectivity index (χ1n) is 4.59. The summed E-state index contributed by atoms with van der Waals surface area (Å²) >= 11 is 3.57. The summed E-state index contributed by atoms with van der Waals surface area (Å²) in [7, 11) is 0. The molecule has 3 heteroatoms. The molecule has 2 rings (SSSR count). The van der Waals surface area contributed by atoms with Crippen LogP contribution in [0.2, 0.25) is 0 Å². The summed E-state index contributed by atoms with van der Waals surface area (Å²) < 4.78 is 1.16. The van der Waals surface area contributed by atoms with Crippen molar-refractivity contribution in [2.24, 2.45) is 0 Å². The lowest BCUT2D eigenvalue weighted by Crippen LogP contribution is -2.15. The maximum absolute atomic E-state index is 4.52. The molecule has 0 amide bonds. The summed E-state index contributed by atoms with van der Waals surface area (Å²) in [5.74, 6) is 1.09. The fourth-order valence-electron chi connectivity index (χ4n) is 1.79. The summed E-state index contributed by atoms with van der Waals surface area (Å²) in [6, 6.07) is 0. The first-order chi connectivity index (χ1) is 6.20. The quantitative estimate of drug-likeness (QED) is 0.755. The Labute approximate surface area is 86.9 Å². The molecule has 1 N–H and O–H groups in total. The van der Waals surface area contributed by atoms with Crippen molar-refractivity contribution in [2.75, 3.05) is 11.9 Å². The Morgan fingerprint density at radius 2 is 2.15 bits per heavy atom. The zero-order valence-corrected chi connectivity index (χ0v) is 9.53. The molecule has 0 saturated carbocycles. The monoisotopic (exact) mass is 240 g/mol. The average molecular weight is 241 g/mol. The van der Waals surface area contributed by atoms with Crippen LogP contribution in [0.25, 0.3) is 0 Å². The molecule has 1 aromatic rings. The molecule has 0 bridgehead atoms. The minimum Gasteiger partial charge on any atom is -0.370 e. The van der Waals surface area contributed by atoms with Gasteiger partial charge in [-0.25, -0.2) is 4.98 Å². The lowest BCUT2D eigenvalue weighted by Gasteiger charge is -2.20. The number of hydrogen-bond donors (Lipinski definition) is 1. The van der Waals surface area contributed by atoms with Gasteiger partial charge in [0.05, 0.1) is 5.69 Å². The van der Waals surface area contributed by atoms with Crippen molar-refractivity contribution in [2.45, 2.75) is 26.7 Å². The van der Waals surface area contributed by atoms with E-state index in [9.17, 15) is 0 Å². The number of aryl methyl sites for hydroxylation is 1. The largest absolute Gasteiger partial charge is 0.370 e. The highest BCUT2D eigenvalue weighted by Gasteiger charge is 2.15. The number of fused-ring (bicyclic) bond motifs is 1. The van der Waals surface area contributed by atoms with Crippen LogP contribution in [-0.2, 0) is 6.42 Å². The van der Waals surface area contributed by atoms with Crippen LogP contribution in [0.1, 0.15) is 23.2 Å². The molecule has 2 heterocycles. The van der Waals surface area contributed by atoms with E-state index >= 15 is 0 Å². The lowest BCUT2D eigenvalue weighted by atomic mass is 10.0. The number of nitrogens with zero attached hydrogens (tertiary/aromatic N) is 1. The van der Waals surface area contributed by atoms with E-state index in [1.165, 1.54) is 17.5 Å². The van der Waals surface area contributed by atoms with E-state index in [0.717, 1.165) is 29.0 Å². The standard InChI is InChI=1S/C10H13BrN2/c1-6-8-4-3-5-12-10(8)13-7(2)9(6)11/h3-5H2,1-2H3,(H,12,13). The number of nitrogens with one attached hydrogen (secondary N) is 1. The van der Waals surface area contributed by atoms with Gasteiger partial charge in [0.25, 0.3) is 0 Å². The van der Waals surface area contributed by atoms with Crippen molar-refractivity contribution in [3.05, 3.63) is 21.3 Å². The lowest BCUT2D eigenvalue weighted by molar-refractivity contribution is 0.806. The number of aromatic nitrogens is 1. The smallest absolute Gasteiger partial charge is 0.129 e. The third-order valence-electron chi connectivity index (χ3n) is 2.56. The summed E-state index contributed by atoms with van der Waals surface area (Å²) in [6.07, 6.45) is 2.37. The van der Waals surface area contributed by atoms with Gasteiger partial charge in [0.1, 0.15) is 5.82 Å². The van der Waals surface area contributed by atoms with Crippen LogP contribution < -0.4 is 5.32 Å². The summed E-state index contributed by atoms with van der Waals surface area (Å²) in [4.78, 5) is 4.52. The Morgan fingerprint density at radius 3 is 2.92 bits per heavy atom. The van der Waals surface area contributed by atoms with Gasteiger partial charge in [0.2, 0.25) is 0 Å². The minimum atomic E-state index is 1.06. The van der Waals surface area contributed by atoms with Crippen LogP contribution in [-0.4, -0.2) is 11.5 Å². The van der Waals surface area contributed by atoms with Gasteiger partial charge in [-0.3, -0.25) is 0 Å². The number of anilines is 1. The van der Waals surface area contributed by atoms with Gasteiger partial charge in [-0.2, -0.15) is 0 Å². The van der Waals surface area contributed by atoms with Crippen LogP contribution in [0.4, 0.5) is 5.82 Å². The van der Waals surface area contributed by atoms with E-state index in [1.807, 2.05) is 6.92 Å². The summed E-state index contributed by atoms with van der Waals surface area (Å²) in [5.41, 5.74) is 3.80. The molecule has 0 spiro atoms. The second-order valence-electron chi connectivity index (χ2n) is 3.49. The van der Waals surface area contributed by atoms with Gasteiger partial charge in [0, 0.05) is 11.0 Å². The molecule has 1 aliphatic heterocycles. The third kappa shape index (κ3) is 1.46. The van der Waals surface area contributed by atoms with Gasteiger partial charge in [-0.1, -0.05) is 0 Å². The van der Waals surface area contributed by atoms with Gasteiger partial charge in [0.15, 0.2) is 0 Å². The molecule has 1 aromatic heterocycles. The predicted molar refractivity (Wildman–Crippen MR) is 58.2 cm³/mol. The molecule has 0 unspecified atom stereocenters. The average Bonchev–Trinajstić information content (AvgIpc) is 2.15. The zero-order valence-electron chi connectivity index (χ0n) is 7.95. The number of pyridine rings is 1. The molecule has 0 radical (unpaired) electrons. The molecule has 0 aliphatic carbocycles. The molecular weight excluding hydrogens is 228 g/mol. The zero-order chi connectivity index (χ0) is 9.42. The van der Waals surface area contributed by atoms with Crippen LogP contribution in [0.15, 0.2) is 4.47 Å². The number of hydrogen-bond acceptors (Lipinski definition) is 2. The van der Waals surface area contributed by atoms with Crippen molar-refractivity contribution in [3.8, 4) is 0 Å². The van der Waals surface area contributed by atoms with Crippen molar-refractivity contribution < 1.29 is 0 Å². The maximum atomic E-state index is 4.52. The van der Waals surface area contributed by atoms with E-state index in [2.05, 4.69) is 33.2 Å². The van der Waals surface area contributed by atoms with Crippen LogP contribution in [0, 0.1) is 13.8 Å². The van der Waals surface area contributed by atoms with E-state index in [4.69, 9.17) is 0 Å². The first-order valence-corrected chi connectivity index (χ1v) is 5.39. The Morgan fingerprint density at radius 1 is 1.38 bits per heavy atom. The summed E-state index contributed by atoms with van der Waals surface area (Å²) in [6.45, 7) is 5.25. The van der Waals surface area contributed by atoms with E-state index in [0.29, 0.717) is 0 Å². The highest BCUT2D eigenvalue weighted by Crippen LogP contribution is 2.30. The highest BCUT2D eigenvalue weighted by molar-refractivity contribution is 9.10. The Kier molecular flexibility index (Phi) is 2.28. The van der Waals surface area contributed by atoms with Crippen molar-refractivity contribution in [1.82, 2.24) is 4.98 Å².